The summed E-state index contributed by atoms with van der Waals surface area (Å²) in [6, 6.07) is 14.0. The molecule has 176 valence electrons. The van der Waals surface area contributed by atoms with Crippen molar-refractivity contribution in [1.29, 1.82) is 0 Å². The van der Waals surface area contributed by atoms with Crippen LogP contribution in [0.1, 0.15) is 16.7 Å². The van der Waals surface area contributed by atoms with E-state index in [2.05, 4.69) is 15.2 Å². The topological polar surface area (TPSA) is 132 Å². The molecule has 11 heteroatoms. The molecule has 10 nitrogen and oxygen atoms in total. The van der Waals surface area contributed by atoms with Crippen LogP contribution in [0.2, 0.25) is 0 Å². The minimum absolute atomic E-state index is 0.0802. The predicted octanol–water partition coefficient (Wildman–Crippen LogP) is 4.23. The second-order valence-corrected chi connectivity index (χ2v) is 9.29. The van der Waals surface area contributed by atoms with Gasteiger partial charge in [-0.1, -0.05) is 17.7 Å². The van der Waals surface area contributed by atoms with E-state index >= 15 is 0 Å². The first-order valence-electron chi connectivity index (χ1n) is 10.3. The van der Waals surface area contributed by atoms with E-state index in [1.165, 1.54) is 18.3 Å². The maximum Gasteiger partial charge on any atom is 0.270 e. The van der Waals surface area contributed by atoms with Gasteiger partial charge in [-0.05, 0) is 55.3 Å². The summed E-state index contributed by atoms with van der Waals surface area (Å²) in [6.45, 7) is 4.60. The summed E-state index contributed by atoms with van der Waals surface area (Å²) in [5.74, 6) is 1.23. The van der Waals surface area contributed by atoms with Crippen LogP contribution in [0.15, 0.2) is 64.6 Å². The van der Waals surface area contributed by atoms with Gasteiger partial charge in [0.1, 0.15) is 18.1 Å². The Morgan fingerprint density at radius 1 is 0.971 bits per heavy atom. The van der Waals surface area contributed by atoms with E-state index in [4.69, 9.17) is 9.47 Å². The Morgan fingerprint density at radius 3 is 2.44 bits per heavy atom. The van der Waals surface area contributed by atoms with Gasteiger partial charge in [0.25, 0.3) is 15.7 Å². The summed E-state index contributed by atoms with van der Waals surface area (Å²) in [4.78, 5) is 10.3. The highest BCUT2D eigenvalue weighted by atomic mass is 32.2. The van der Waals surface area contributed by atoms with E-state index in [1.807, 2.05) is 13.0 Å². The number of benzene rings is 3. The van der Waals surface area contributed by atoms with Crippen LogP contribution < -0.4 is 19.6 Å². The Balaban J connectivity index is 1.62. The van der Waals surface area contributed by atoms with E-state index < -0.39 is 14.9 Å². The first kappa shape index (κ1) is 23.1. The van der Waals surface area contributed by atoms with Crippen LogP contribution in [-0.4, -0.2) is 32.8 Å². The first-order chi connectivity index (χ1) is 16.2. The number of non-ortho nitro benzene ring substituents is 1. The number of rotatable bonds is 7. The minimum Gasteiger partial charge on any atom is -0.486 e. The second-order valence-electron chi connectivity index (χ2n) is 7.63. The van der Waals surface area contributed by atoms with Crippen molar-refractivity contribution in [2.75, 3.05) is 23.4 Å². The quantitative estimate of drug-likeness (QED) is 0.293. The van der Waals surface area contributed by atoms with Crippen molar-refractivity contribution in [3.63, 3.8) is 0 Å². The Bertz CT molecular complexity index is 1390. The molecular weight excluding hydrogens is 460 g/mol. The van der Waals surface area contributed by atoms with Gasteiger partial charge < -0.3 is 9.47 Å². The molecule has 0 atom stereocenters. The molecule has 3 aromatic rings. The van der Waals surface area contributed by atoms with Gasteiger partial charge in [-0.2, -0.15) is 5.10 Å². The lowest BCUT2D eigenvalue weighted by Crippen LogP contribution is -2.16. The molecule has 1 aliphatic rings. The summed E-state index contributed by atoms with van der Waals surface area (Å²) in [5.41, 5.74) is 5.17. The summed E-state index contributed by atoms with van der Waals surface area (Å²) in [5, 5.41) is 15.4. The number of hydrogen-bond acceptors (Lipinski definition) is 8. The summed E-state index contributed by atoms with van der Waals surface area (Å²) in [7, 11) is -4.17. The normalized spacial score (nSPS) is 13.0. The Hall–Kier alpha value is -4.12. The molecule has 0 bridgehead atoms. The standard InChI is InChI=1S/C23H22N4O6S/c1-15-3-6-19(16(2)11-15)26-34(30,31)23-13-18(27(28)29)5-7-20(23)25-24-14-17-4-8-21-22(12-17)33-10-9-32-21/h3-8,11-14,25-26H,9-10H2,1-2H3. The Morgan fingerprint density at radius 2 is 1.71 bits per heavy atom. The van der Waals surface area contributed by atoms with E-state index in [-0.39, 0.29) is 16.3 Å². The molecule has 0 saturated heterocycles. The Kier molecular flexibility index (Phi) is 6.37. The van der Waals surface area contributed by atoms with Crippen LogP contribution >= 0.6 is 0 Å². The summed E-state index contributed by atoms with van der Waals surface area (Å²) < 4.78 is 39.9. The monoisotopic (exact) mass is 482 g/mol. The molecule has 2 N–H and O–H groups in total. The van der Waals surface area contributed by atoms with Crippen molar-refractivity contribution >= 4 is 33.3 Å². The average molecular weight is 483 g/mol. The number of sulfonamides is 1. The van der Waals surface area contributed by atoms with E-state index in [9.17, 15) is 18.5 Å². The van der Waals surface area contributed by atoms with Crippen LogP contribution in [-0.2, 0) is 10.0 Å². The van der Waals surface area contributed by atoms with Crippen molar-refractivity contribution in [3.05, 3.63) is 81.4 Å². The minimum atomic E-state index is -4.17. The van der Waals surface area contributed by atoms with Gasteiger partial charge >= 0.3 is 0 Å². The zero-order valence-electron chi connectivity index (χ0n) is 18.4. The molecule has 3 aromatic carbocycles. The number of nitro benzene ring substituents is 1. The molecule has 0 saturated carbocycles. The lowest BCUT2D eigenvalue weighted by atomic mass is 10.1. The number of nitro groups is 1. The van der Waals surface area contributed by atoms with Gasteiger partial charge in [0.05, 0.1) is 22.5 Å². The number of aryl methyl sites for hydroxylation is 2. The summed E-state index contributed by atoms with van der Waals surface area (Å²) in [6.07, 6.45) is 1.48. The zero-order valence-corrected chi connectivity index (χ0v) is 19.3. The molecule has 0 spiro atoms. The largest absolute Gasteiger partial charge is 0.486 e. The van der Waals surface area contributed by atoms with Gasteiger partial charge in [-0.3, -0.25) is 20.3 Å². The van der Waals surface area contributed by atoms with Gasteiger partial charge in [0, 0.05) is 12.1 Å². The maximum absolute atomic E-state index is 13.2. The first-order valence-corrected chi connectivity index (χ1v) is 11.8. The molecule has 0 aliphatic carbocycles. The number of nitrogens with zero attached hydrogens (tertiary/aromatic N) is 2. The second kappa shape index (κ2) is 9.40. The highest BCUT2D eigenvalue weighted by Crippen LogP contribution is 2.31. The van der Waals surface area contributed by atoms with Crippen LogP contribution in [0.3, 0.4) is 0 Å². The SMILES string of the molecule is Cc1ccc(NS(=O)(=O)c2cc([N+](=O)[O-])ccc2NN=Cc2ccc3c(c2)OCCO3)c(C)c1. The number of ether oxygens (including phenoxy) is 2. The van der Waals surface area contributed by atoms with Crippen molar-refractivity contribution in [2.45, 2.75) is 18.7 Å². The molecule has 1 heterocycles. The van der Waals surface area contributed by atoms with Crippen LogP contribution in [0.5, 0.6) is 11.5 Å². The fraction of sp³-hybridized carbons (Fsp3) is 0.174. The fourth-order valence-electron chi connectivity index (χ4n) is 3.38. The number of anilines is 2. The smallest absolute Gasteiger partial charge is 0.270 e. The molecule has 4 rings (SSSR count). The fourth-order valence-corrected chi connectivity index (χ4v) is 4.69. The van der Waals surface area contributed by atoms with Crippen molar-refractivity contribution in [1.82, 2.24) is 0 Å². The van der Waals surface area contributed by atoms with Gasteiger partial charge in [-0.15, -0.1) is 0 Å². The number of fused-ring (bicyclic) bond motifs is 1. The van der Waals surface area contributed by atoms with Crippen LogP contribution in [0, 0.1) is 24.0 Å². The number of hydrogen-bond donors (Lipinski definition) is 2. The molecule has 0 amide bonds. The van der Waals surface area contributed by atoms with Gasteiger partial charge in [0.15, 0.2) is 11.5 Å². The molecule has 34 heavy (non-hydrogen) atoms. The van der Waals surface area contributed by atoms with Crippen LogP contribution in [0.25, 0.3) is 0 Å². The number of nitrogens with one attached hydrogen (secondary N) is 2. The van der Waals surface area contributed by atoms with E-state index in [1.54, 1.807) is 37.3 Å². The third kappa shape index (κ3) is 5.09. The zero-order chi connectivity index (χ0) is 24.3. The van der Waals surface area contributed by atoms with E-state index in [0.29, 0.717) is 36.0 Å². The molecule has 0 unspecified atom stereocenters. The lowest BCUT2D eigenvalue weighted by Gasteiger charge is -2.18. The summed E-state index contributed by atoms with van der Waals surface area (Å²) >= 11 is 0. The third-order valence-corrected chi connectivity index (χ3v) is 6.46. The van der Waals surface area contributed by atoms with Gasteiger partial charge in [-0.25, -0.2) is 8.42 Å². The Labute approximate surface area is 196 Å². The molecule has 1 aliphatic heterocycles. The lowest BCUT2D eigenvalue weighted by molar-refractivity contribution is -0.385. The predicted molar refractivity (Wildman–Crippen MR) is 128 cm³/mol. The number of hydrazone groups is 1. The highest BCUT2D eigenvalue weighted by molar-refractivity contribution is 7.92. The van der Waals surface area contributed by atoms with Crippen LogP contribution in [0.4, 0.5) is 17.1 Å². The third-order valence-electron chi connectivity index (χ3n) is 5.06. The highest BCUT2D eigenvalue weighted by Gasteiger charge is 2.23. The average Bonchev–Trinajstić information content (AvgIpc) is 2.81. The maximum atomic E-state index is 13.2. The van der Waals surface area contributed by atoms with Crippen molar-refractivity contribution in [2.24, 2.45) is 5.10 Å². The van der Waals surface area contributed by atoms with Crippen molar-refractivity contribution < 1.29 is 22.8 Å². The molecule has 0 fully saturated rings. The molecular formula is C23H22N4O6S. The van der Waals surface area contributed by atoms with Crippen molar-refractivity contribution in [3.8, 4) is 11.5 Å². The van der Waals surface area contributed by atoms with E-state index in [0.717, 1.165) is 17.2 Å². The molecule has 0 aromatic heterocycles. The molecule has 0 radical (unpaired) electrons. The van der Waals surface area contributed by atoms with Gasteiger partial charge in [0.2, 0.25) is 0 Å².